The molecule has 0 aromatic heterocycles. The maximum Gasteiger partial charge on any atom is 0.245 e. The van der Waals surface area contributed by atoms with Crippen LogP contribution in [0.15, 0.2) is 52.3 Å². The number of benzene rings is 2. The van der Waals surface area contributed by atoms with Crippen molar-refractivity contribution in [1.82, 2.24) is 4.90 Å². The summed E-state index contributed by atoms with van der Waals surface area (Å²) >= 11 is 3.31. The van der Waals surface area contributed by atoms with Gasteiger partial charge in [0.05, 0.1) is 5.69 Å². The Labute approximate surface area is 218 Å². The number of anilines is 1. The Morgan fingerprint density at radius 2 is 1.83 bits per heavy atom. The van der Waals surface area contributed by atoms with Gasteiger partial charge >= 0.3 is 0 Å². The number of amides is 1. The molecular formula is C28H38N4OS2. The molecule has 3 atom stereocenters. The Morgan fingerprint density at radius 1 is 1.09 bits per heavy atom. The molecule has 7 heteroatoms. The first-order valence-corrected chi connectivity index (χ1v) is 14.9. The summed E-state index contributed by atoms with van der Waals surface area (Å²) in [5.41, 5.74) is 8.32. The molecule has 2 aliphatic rings. The number of fused-ring (bicyclic) bond motifs is 1. The summed E-state index contributed by atoms with van der Waals surface area (Å²) in [4.78, 5) is 20.8. The van der Waals surface area contributed by atoms with Crippen LogP contribution in [0.3, 0.4) is 0 Å². The van der Waals surface area contributed by atoms with Gasteiger partial charge in [0.15, 0.2) is 0 Å². The average molecular weight is 511 g/mol. The van der Waals surface area contributed by atoms with Crippen LogP contribution in [-0.4, -0.2) is 48.1 Å². The third kappa shape index (κ3) is 6.07. The molecular weight excluding hydrogens is 472 g/mol. The standard InChI is InChI=1S/C28H38N4OS2/c1-19-9-7-10-20(2)31(19)15-5-4-6-16-32-24-18-23(34-3)13-14-25(24)35-26(28(32)33)21-11-8-12-22(17-21)27(29)30/h8,11-14,17-20,26H,4-7,9-10,15-16H2,1-3H3,(H3,29,30)/t19-,20+,26?. The predicted molar refractivity (Wildman–Crippen MR) is 150 cm³/mol. The van der Waals surface area contributed by atoms with Crippen molar-refractivity contribution in [3.8, 4) is 0 Å². The van der Waals surface area contributed by atoms with E-state index < -0.39 is 0 Å². The van der Waals surface area contributed by atoms with Crippen LogP contribution in [0, 0.1) is 5.41 Å². The minimum Gasteiger partial charge on any atom is -0.384 e. The number of carbonyl (C=O) groups excluding carboxylic acids is 1. The zero-order valence-electron chi connectivity index (χ0n) is 21.1. The van der Waals surface area contributed by atoms with Crippen LogP contribution in [0.2, 0.25) is 0 Å². The number of carbonyl (C=O) groups is 1. The van der Waals surface area contributed by atoms with E-state index in [1.54, 1.807) is 23.5 Å². The van der Waals surface area contributed by atoms with Crippen LogP contribution in [0.25, 0.3) is 0 Å². The van der Waals surface area contributed by atoms with E-state index in [0.717, 1.165) is 42.1 Å². The summed E-state index contributed by atoms with van der Waals surface area (Å²) in [5.74, 6) is 0.152. The molecule has 2 aromatic carbocycles. The lowest BCUT2D eigenvalue weighted by atomic mass is 9.97. The minimum absolute atomic E-state index is 0.0271. The second-order valence-corrected chi connectivity index (χ2v) is 11.8. The number of nitrogens with zero attached hydrogens (tertiary/aromatic N) is 2. The Morgan fingerprint density at radius 3 is 2.54 bits per heavy atom. The molecule has 2 aromatic rings. The van der Waals surface area contributed by atoms with Crippen molar-refractivity contribution in [3.05, 3.63) is 53.6 Å². The normalized spacial score (nSPS) is 22.8. The van der Waals surface area contributed by atoms with E-state index in [1.807, 2.05) is 29.2 Å². The quantitative estimate of drug-likeness (QED) is 0.179. The van der Waals surface area contributed by atoms with Crippen molar-refractivity contribution >= 4 is 41.0 Å². The smallest absolute Gasteiger partial charge is 0.245 e. The molecule has 0 radical (unpaired) electrons. The minimum atomic E-state index is -0.322. The summed E-state index contributed by atoms with van der Waals surface area (Å²) in [6.07, 6.45) is 9.33. The largest absolute Gasteiger partial charge is 0.384 e. The molecule has 1 amide bonds. The first-order chi connectivity index (χ1) is 16.9. The highest BCUT2D eigenvalue weighted by Crippen LogP contribution is 2.47. The number of thioether (sulfide) groups is 2. The number of unbranched alkanes of at least 4 members (excludes halogenated alkanes) is 2. The molecule has 188 valence electrons. The van der Waals surface area contributed by atoms with Gasteiger partial charge in [-0.2, -0.15) is 0 Å². The highest BCUT2D eigenvalue weighted by Gasteiger charge is 2.35. The zero-order valence-corrected chi connectivity index (χ0v) is 22.8. The molecule has 1 saturated heterocycles. The highest BCUT2D eigenvalue weighted by molar-refractivity contribution is 8.00. The number of nitrogen functional groups attached to an aromatic ring is 1. The van der Waals surface area contributed by atoms with Crippen molar-refractivity contribution in [2.45, 2.75) is 79.5 Å². The van der Waals surface area contributed by atoms with Gasteiger partial charge in [-0.15, -0.1) is 23.5 Å². The number of piperidine rings is 1. The van der Waals surface area contributed by atoms with Crippen LogP contribution in [0.4, 0.5) is 5.69 Å². The molecule has 0 aliphatic carbocycles. The predicted octanol–water partition coefficient (Wildman–Crippen LogP) is 6.31. The van der Waals surface area contributed by atoms with Gasteiger partial charge in [0, 0.05) is 34.0 Å². The summed E-state index contributed by atoms with van der Waals surface area (Å²) in [5, 5.41) is 7.47. The molecule has 35 heavy (non-hydrogen) atoms. The molecule has 0 bridgehead atoms. The van der Waals surface area contributed by atoms with Crippen molar-refractivity contribution in [1.29, 1.82) is 5.41 Å². The number of hydrogen-bond donors (Lipinski definition) is 2. The number of amidine groups is 1. The van der Waals surface area contributed by atoms with Crippen molar-refractivity contribution < 1.29 is 4.79 Å². The molecule has 5 nitrogen and oxygen atoms in total. The molecule has 2 aliphatic heterocycles. The number of nitrogens with two attached hydrogens (primary N) is 1. The molecule has 4 rings (SSSR count). The van der Waals surface area contributed by atoms with E-state index in [2.05, 4.69) is 43.2 Å². The monoisotopic (exact) mass is 510 g/mol. The summed E-state index contributed by atoms with van der Waals surface area (Å²) in [6, 6.07) is 15.4. The van der Waals surface area contributed by atoms with Gasteiger partial charge in [-0.05, 0) is 82.2 Å². The van der Waals surface area contributed by atoms with Crippen LogP contribution >= 0.6 is 23.5 Å². The van der Waals surface area contributed by atoms with Crippen LogP contribution in [0.1, 0.15) is 68.7 Å². The first-order valence-electron chi connectivity index (χ1n) is 12.7. The maximum absolute atomic E-state index is 13.8. The molecule has 0 saturated carbocycles. The Hall–Kier alpha value is -1.96. The van der Waals surface area contributed by atoms with Gasteiger partial charge in [-0.3, -0.25) is 15.1 Å². The van der Waals surface area contributed by atoms with E-state index in [-0.39, 0.29) is 17.0 Å². The Bertz CT molecular complexity index is 1050. The Kier molecular flexibility index (Phi) is 8.84. The topological polar surface area (TPSA) is 73.4 Å². The lowest BCUT2D eigenvalue weighted by molar-refractivity contribution is -0.118. The maximum atomic E-state index is 13.8. The number of nitrogens with one attached hydrogen (secondary N) is 1. The van der Waals surface area contributed by atoms with Crippen LogP contribution < -0.4 is 10.6 Å². The van der Waals surface area contributed by atoms with Crippen molar-refractivity contribution in [3.63, 3.8) is 0 Å². The third-order valence-electron chi connectivity index (χ3n) is 7.37. The summed E-state index contributed by atoms with van der Waals surface area (Å²) in [7, 11) is 0. The highest BCUT2D eigenvalue weighted by atomic mass is 32.2. The molecule has 0 spiro atoms. The Balaban J connectivity index is 1.47. The van der Waals surface area contributed by atoms with Crippen LogP contribution in [0.5, 0.6) is 0 Å². The van der Waals surface area contributed by atoms with Gasteiger partial charge in [0.1, 0.15) is 11.1 Å². The van der Waals surface area contributed by atoms with E-state index in [1.165, 1.54) is 30.6 Å². The van der Waals surface area contributed by atoms with E-state index in [4.69, 9.17) is 11.1 Å². The molecule has 1 unspecified atom stereocenters. The fourth-order valence-corrected chi connectivity index (χ4v) is 6.97. The van der Waals surface area contributed by atoms with E-state index in [9.17, 15) is 4.79 Å². The van der Waals surface area contributed by atoms with E-state index >= 15 is 0 Å². The number of hydrogen-bond acceptors (Lipinski definition) is 5. The molecule has 1 fully saturated rings. The van der Waals surface area contributed by atoms with Gasteiger partial charge in [-0.25, -0.2) is 0 Å². The third-order valence-corrected chi connectivity index (χ3v) is 9.40. The fourth-order valence-electron chi connectivity index (χ4n) is 5.34. The second kappa shape index (κ2) is 11.8. The zero-order chi connectivity index (χ0) is 24.9. The lowest BCUT2D eigenvalue weighted by Gasteiger charge is -2.39. The van der Waals surface area contributed by atoms with Crippen LogP contribution in [-0.2, 0) is 4.79 Å². The second-order valence-electron chi connectivity index (χ2n) is 9.79. The number of rotatable bonds is 9. The van der Waals surface area contributed by atoms with E-state index in [0.29, 0.717) is 17.6 Å². The van der Waals surface area contributed by atoms with Gasteiger partial charge in [-0.1, -0.05) is 31.0 Å². The summed E-state index contributed by atoms with van der Waals surface area (Å²) in [6.45, 7) is 6.61. The lowest BCUT2D eigenvalue weighted by Crippen LogP contribution is -2.44. The first kappa shape index (κ1) is 26.1. The fraction of sp³-hybridized carbons (Fsp3) is 0.500. The van der Waals surface area contributed by atoms with Gasteiger partial charge in [0.25, 0.3) is 0 Å². The molecule has 3 N–H and O–H groups in total. The summed E-state index contributed by atoms with van der Waals surface area (Å²) < 4.78 is 0. The van der Waals surface area contributed by atoms with Gasteiger partial charge in [0.2, 0.25) is 5.91 Å². The SMILES string of the molecule is CSc1ccc2c(c1)N(CCCCCN1[C@H](C)CCC[C@@H]1C)C(=O)C(c1cccc(C(=N)N)c1)S2. The van der Waals surface area contributed by atoms with Crippen molar-refractivity contribution in [2.75, 3.05) is 24.2 Å². The molecule has 2 heterocycles. The van der Waals surface area contributed by atoms with Crippen molar-refractivity contribution in [2.24, 2.45) is 5.73 Å². The number of likely N-dealkylation sites (tertiary alicyclic amines) is 1. The van der Waals surface area contributed by atoms with Gasteiger partial charge < -0.3 is 10.6 Å². The average Bonchev–Trinajstić information content (AvgIpc) is 2.86.